The van der Waals surface area contributed by atoms with E-state index in [0.29, 0.717) is 13.2 Å². The molecule has 0 aliphatic heterocycles. The first-order valence-electron chi connectivity index (χ1n) is 4.46. The molecule has 0 aliphatic rings. The van der Waals surface area contributed by atoms with E-state index >= 15 is 0 Å². The van der Waals surface area contributed by atoms with Crippen molar-refractivity contribution >= 4 is 5.91 Å². The summed E-state index contributed by atoms with van der Waals surface area (Å²) >= 11 is 0. The predicted octanol–water partition coefficient (Wildman–Crippen LogP) is 1.18. The van der Waals surface area contributed by atoms with Crippen LogP contribution in [0.2, 0.25) is 0 Å². The van der Waals surface area contributed by atoms with Crippen LogP contribution >= 0.6 is 0 Å². The lowest BCUT2D eigenvalue weighted by molar-refractivity contribution is -0.126. The molecule has 1 atom stereocenters. The van der Waals surface area contributed by atoms with Gasteiger partial charge in [-0.3, -0.25) is 4.79 Å². The van der Waals surface area contributed by atoms with Crippen LogP contribution in [-0.4, -0.2) is 25.2 Å². The standard InChI is InChI=1S/C9H19NO2/c1-5-12-6-8(4)9(11)10-7(2)3/h7-8H,5-6H2,1-4H3,(H,10,11). The van der Waals surface area contributed by atoms with E-state index in [1.807, 2.05) is 27.7 Å². The third-order valence-electron chi connectivity index (χ3n) is 1.45. The Labute approximate surface area is 74.5 Å². The number of hydrogen-bond acceptors (Lipinski definition) is 2. The van der Waals surface area contributed by atoms with Gasteiger partial charge in [0, 0.05) is 12.6 Å². The lowest BCUT2D eigenvalue weighted by atomic mass is 10.2. The molecular weight excluding hydrogens is 154 g/mol. The van der Waals surface area contributed by atoms with Crippen molar-refractivity contribution in [2.24, 2.45) is 5.92 Å². The third-order valence-corrected chi connectivity index (χ3v) is 1.45. The van der Waals surface area contributed by atoms with Crippen LogP contribution in [0, 0.1) is 5.92 Å². The molecule has 0 saturated heterocycles. The average molecular weight is 173 g/mol. The zero-order valence-electron chi connectivity index (χ0n) is 8.39. The summed E-state index contributed by atoms with van der Waals surface area (Å²) in [6.45, 7) is 8.87. The Hall–Kier alpha value is -0.570. The second-order valence-corrected chi connectivity index (χ2v) is 3.22. The van der Waals surface area contributed by atoms with Crippen molar-refractivity contribution in [1.82, 2.24) is 5.32 Å². The van der Waals surface area contributed by atoms with Gasteiger partial charge in [-0.15, -0.1) is 0 Å². The van der Waals surface area contributed by atoms with E-state index in [-0.39, 0.29) is 17.9 Å². The van der Waals surface area contributed by atoms with Crippen LogP contribution in [0.5, 0.6) is 0 Å². The first kappa shape index (κ1) is 11.4. The van der Waals surface area contributed by atoms with Crippen molar-refractivity contribution in [3.63, 3.8) is 0 Å². The van der Waals surface area contributed by atoms with Gasteiger partial charge in [-0.2, -0.15) is 0 Å². The Balaban J connectivity index is 3.61. The zero-order valence-corrected chi connectivity index (χ0v) is 8.39. The SMILES string of the molecule is CCOCC(C)C(=O)NC(C)C. The zero-order chi connectivity index (χ0) is 9.56. The molecule has 72 valence electrons. The summed E-state index contributed by atoms with van der Waals surface area (Å²) < 4.78 is 5.14. The molecule has 0 aliphatic carbocycles. The molecule has 0 fully saturated rings. The second kappa shape index (κ2) is 6.00. The fourth-order valence-corrected chi connectivity index (χ4v) is 0.797. The minimum absolute atomic E-state index is 0.0488. The van der Waals surface area contributed by atoms with Gasteiger partial charge in [0.05, 0.1) is 12.5 Å². The fourth-order valence-electron chi connectivity index (χ4n) is 0.797. The number of carbonyl (C=O) groups is 1. The number of amides is 1. The van der Waals surface area contributed by atoms with E-state index in [0.717, 1.165) is 0 Å². The number of rotatable bonds is 5. The molecule has 0 rings (SSSR count). The summed E-state index contributed by atoms with van der Waals surface area (Å²) in [4.78, 5) is 11.3. The van der Waals surface area contributed by atoms with E-state index in [1.54, 1.807) is 0 Å². The van der Waals surface area contributed by atoms with E-state index in [1.165, 1.54) is 0 Å². The molecule has 3 nitrogen and oxygen atoms in total. The highest BCUT2D eigenvalue weighted by Gasteiger charge is 2.12. The Bertz CT molecular complexity index is 134. The van der Waals surface area contributed by atoms with Gasteiger partial charge in [0.1, 0.15) is 0 Å². The molecule has 3 heteroatoms. The summed E-state index contributed by atoms with van der Waals surface area (Å²) in [6, 6.07) is 0.210. The molecule has 0 spiro atoms. The molecule has 1 amide bonds. The highest BCUT2D eigenvalue weighted by molar-refractivity contribution is 5.78. The maximum atomic E-state index is 11.3. The van der Waals surface area contributed by atoms with Crippen molar-refractivity contribution in [1.29, 1.82) is 0 Å². The first-order chi connectivity index (χ1) is 5.57. The monoisotopic (exact) mass is 173 g/mol. The van der Waals surface area contributed by atoms with Crippen LogP contribution in [0.15, 0.2) is 0 Å². The molecule has 0 bridgehead atoms. The maximum absolute atomic E-state index is 11.3. The third kappa shape index (κ3) is 5.13. The van der Waals surface area contributed by atoms with Crippen molar-refractivity contribution in [3.8, 4) is 0 Å². The Morgan fingerprint density at radius 2 is 2.00 bits per heavy atom. The van der Waals surface area contributed by atoms with Crippen molar-refractivity contribution in [2.45, 2.75) is 33.7 Å². The lowest BCUT2D eigenvalue weighted by Crippen LogP contribution is -2.36. The summed E-state index contributed by atoms with van der Waals surface area (Å²) in [7, 11) is 0. The summed E-state index contributed by atoms with van der Waals surface area (Å²) in [5.74, 6) is 0.0193. The Morgan fingerprint density at radius 3 is 2.42 bits per heavy atom. The quantitative estimate of drug-likeness (QED) is 0.678. The molecule has 1 unspecified atom stereocenters. The molecule has 12 heavy (non-hydrogen) atoms. The number of nitrogens with one attached hydrogen (secondary N) is 1. The van der Waals surface area contributed by atoms with E-state index < -0.39 is 0 Å². The van der Waals surface area contributed by atoms with Crippen molar-refractivity contribution in [2.75, 3.05) is 13.2 Å². The van der Waals surface area contributed by atoms with Crippen LogP contribution in [0.1, 0.15) is 27.7 Å². The Morgan fingerprint density at radius 1 is 1.42 bits per heavy atom. The molecule has 1 N–H and O–H groups in total. The van der Waals surface area contributed by atoms with Gasteiger partial charge in [-0.1, -0.05) is 6.92 Å². The smallest absolute Gasteiger partial charge is 0.225 e. The van der Waals surface area contributed by atoms with Crippen LogP contribution < -0.4 is 5.32 Å². The summed E-state index contributed by atoms with van der Waals surface area (Å²) in [6.07, 6.45) is 0. The van der Waals surface area contributed by atoms with Gasteiger partial charge in [-0.25, -0.2) is 0 Å². The van der Waals surface area contributed by atoms with Gasteiger partial charge >= 0.3 is 0 Å². The predicted molar refractivity (Wildman–Crippen MR) is 48.9 cm³/mol. The maximum Gasteiger partial charge on any atom is 0.225 e. The number of carbonyl (C=O) groups excluding carboxylic acids is 1. The Kier molecular flexibility index (Phi) is 5.72. The molecule has 0 saturated carbocycles. The second-order valence-electron chi connectivity index (χ2n) is 3.22. The van der Waals surface area contributed by atoms with Gasteiger partial charge in [-0.05, 0) is 20.8 Å². The highest BCUT2D eigenvalue weighted by Crippen LogP contribution is 1.96. The van der Waals surface area contributed by atoms with Gasteiger partial charge in [0.25, 0.3) is 0 Å². The van der Waals surface area contributed by atoms with Gasteiger partial charge < -0.3 is 10.1 Å². The highest BCUT2D eigenvalue weighted by atomic mass is 16.5. The minimum atomic E-state index is -0.0488. The molecule has 0 aromatic carbocycles. The van der Waals surface area contributed by atoms with Crippen LogP contribution in [0.3, 0.4) is 0 Å². The molecular formula is C9H19NO2. The van der Waals surface area contributed by atoms with Crippen LogP contribution in [0.25, 0.3) is 0 Å². The summed E-state index contributed by atoms with van der Waals surface area (Å²) in [5, 5.41) is 2.83. The minimum Gasteiger partial charge on any atom is -0.381 e. The van der Waals surface area contributed by atoms with Crippen LogP contribution in [-0.2, 0) is 9.53 Å². The average Bonchev–Trinajstić information content (AvgIpc) is 1.98. The van der Waals surface area contributed by atoms with E-state index in [4.69, 9.17) is 4.74 Å². The van der Waals surface area contributed by atoms with Crippen LogP contribution in [0.4, 0.5) is 0 Å². The molecule has 0 aromatic rings. The molecule has 0 radical (unpaired) electrons. The van der Waals surface area contributed by atoms with Crippen molar-refractivity contribution < 1.29 is 9.53 Å². The summed E-state index contributed by atoms with van der Waals surface area (Å²) in [5.41, 5.74) is 0. The normalized spacial score (nSPS) is 13.1. The number of hydrogen-bond donors (Lipinski definition) is 1. The fraction of sp³-hybridized carbons (Fsp3) is 0.889. The molecule has 0 aromatic heterocycles. The van der Waals surface area contributed by atoms with E-state index in [2.05, 4.69) is 5.32 Å². The van der Waals surface area contributed by atoms with Crippen molar-refractivity contribution in [3.05, 3.63) is 0 Å². The van der Waals surface area contributed by atoms with Gasteiger partial charge in [0.15, 0.2) is 0 Å². The van der Waals surface area contributed by atoms with Gasteiger partial charge in [0.2, 0.25) is 5.91 Å². The molecule has 0 heterocycles. The van der Waals surface area contributed by atoms with E-state index in [9.17, 15) is 4.79 Å². The largest absolute Gasteiger partial charge is 0.381 e. The first-order valence-corrected chi connectivity index (χ1v) is 4.46. The topological polar surface area (TPSA) is 38.3 Å². The number of ether oxygens (including phenoxy) is 1. The lowest BCUT2D eigenvalue weighted by Gasteiger charge is -2.13.